The van der Waals surface area contributed by atoms with E-state index >= 15 is 0 Å². The van der Waals surface area contributed by atoms with E-state index in [1.807, 2.05) is 6.92 Å². The van der Waals surface area contributed by atoms with Gasteiger partial charge in [-0.3, -0.25) is 0 Å². The first-order valence-electron chi connectivity index (χ1n) is 5.17. The molecule has 0 saturated carbocycles. The highest BCUT2D eigenvalue weighted by Crippen LogP contribution is 2.14. The molecule has 4 nitrogen and oxygen atoms in total. The summed E-state index contributed by atoms with van der Waals surface area (Å²) in [5, 5.41) is 0. The van der Waals surface area contributed by atoms with Crippen LogP contribution in [-0.2, 0) is 6.42 Å². The second-order valence-corrected chi connectivity index (χ2v) is 2.93. The Morgan fingerprint density at radius 3 is 1.67 bits per heavy atom. The van der Waals surface area contributed by atoms with Gasteiger partial charge in [0.1, 0.15) is 5.82 Å². The van der Waals surface area contributed by atoms with Crippen molar-refractivity contribution in [3.05, 3.63) is 11.9 Å². The second-order valence-electron chi connectivity index (χ2n) is 2.93. The molecule has 0 amide bonds. The molecule has 1 rings (SSSR count). The van der Waals surface area contributed by atoms with E-state index in [0.717, 1.165) is 12.2 Å². The van der Waals surface area contributed by atoms with Gasteiger partial charge in [-0.05, 0) is 0 Å². The molecule has 1 aromatic rings. The average molecular weight is 212 g/mol. The summed E-state index contributed by atoms with van der Waals surface area (Å²) in [4.78, 5) is 8.21. The Balaban J connectivity index is 0.000000583. The van der Waals surface area contributed by atoms with Crippen LogP contribution in [0.15, 0.2) is 6.07 Å². The van der Waals surface area contributed by atoms with Crippen LogP contribution in [-0.4, -0.2) is 24.2 Å². The molecular formula is C11H20N2O2. The summed E-state index contributed by atoms with van der Waals surface area (Å²) in [6, 6.07) is 1.65. The first kappa shape index (κ1) is 13.7. The summed E-state index contributed by atoms with van der Waals surface area (Å²) in [7, 11) is 3.14. The number of hydrogen-bond donors (Lipinski definition) is 0. The number of aromatic nitrogens is 2. The molecule has 0 aromatic carbocycles. The smallest absolute Gasteiger partial charge is 0.220 e. The molecule has 4 heteroatoms. The van der Waals surface area contributed by atoms with E-state index in [2.05, 4.69) is 23.8 Å². The van der Waals surface area contributed by atoms with E-state index < -0.39 is 0 Å². The van der Waals surface area contributed by atoms with Gasteiger partial charge in [0.05, 0.1) is 20.3 Å². The Labute approximate surface area is 91.7 Å². The minimum absolute atomic E-state index is 0.540. The van der Waals surface area contributed by atoms with Crippen molar-refractivity contribution in [1.82, 2.24) is 9.97 Å². The van der Waals surface area contributed by atoms with Crippen LogP contribution >= 0.6 is 0 Å². The highest BCUT2D eigenvalue weighted by atomic mass is 16.5. The molecule has 0 spiro atoms. The van der Waals surface area contributed by atoms with E-state index in [-0.39, 0.29) is 0 Å². The first-order valence-corrected chi connectivity index (χ1v) is 5.17. The summed E-state index contributed by atoms with van der Waals surface area (Å²) in [6.45, 7) is 6.23. The number of ether oxygens (including phenoxy) is 2. The number of aryl methyl sites for hydroxylation is 1. The van der Waals surface area contributed by atoms with Crippen LogP contribution in [0, 0.1) is 0 Å². The first-order chi connectivity index (χ1) is 7.21. The molecule has 0 fully saturated rings. The van der Waals surface area contributed by atoms with E-state index in [4.69, 9.17) is 9.47 Å². The summed E-state index contributed by atoms with van der Waals surface area (Å²) in [6.07, 6.45) is 2.02. The van der Waals surface area contributed by atoms with Crippen LogP contribution in [0.5, 0.6) is 11.8 Å². The number of methoxy groups -OCH3 is 2. The zero-order valence-electron chi connectivity index (χ0n) is 10.2. The van der Waals surface area contributed by atoms with Gasteiger partial charge in [0.25, 0.3) is 0 Å². The fourth-order valence-electron chi connectivity index (χ4n) is 0.817. The Bertz CT molecular complexity index is 222. The molecule has 0 unspecified atom stereocenters. The molecule has 0 saturated heterocycles. The fraction of sp³-hybridized carbons (Fsp3) is 0.636. The van der Waals surface area contributed by atoms with Crippen LogP contribution < -0.4 is 9.47 Å². The lowest BCUT2D eigenvalue weighted by Crippen LogP contribution is -1.98. The normalized spacial score (nSPS) is 8.87. The van der Waals surface area contributed by atoms with Crippen molar-refractivity contribution in [1.29, 1.82) is 0 Å². The number of rotatable bonds is 3. The highest BCUT2D eigenvalue weighted by molar-refractivity contribution is 5.20. The van der Waals surface area contributed by atoms with Crippen LogP contribution in [0.1, 0.15) is 33.0 Å². The van der Waals surface area contributed by atoms with Crippen molar-refractivity contribution in [2.24, 2.45) is 0 Å². The molecule has 15 heavy (non-hydrogen) atoms. The van der Waals surface area contributed by atoms with Crippen LogP contribution in [0.4, 0.5) is 0 Å². The van der Waals surface area contributed by atoms with Gasteiger partial charge < -0.3 is 9.47 Å². The monoisotopic (exact) mass is 212 g/mol. The molecule has 0 radical (unpaired) electrons. The van der Waals surface area contributed by atoms with E-state index in [9.17, 15) is 0 Å². The predicted octanol–water partition coefficient (Wildman–Crippen LogP) is 2.47. The third-order valence-electron chi connectivity index (χ3n) is 1.46. The van der Waals surface area contributed by atoms with Gasteiger partial charge in [-0.15, -0.1) is 0 Å². The quantitative estimate of drug-likeness (QED) is 0.772. The van der Waals surface area contributed by atoms with Gasteiger partial charge in [-0.1, -0.05) is 27.2 Å². The van der Waals surface area contributed by atoms with E-state index in [1.54, 1.807) is 20.3 Å². The van der Waals surface area contributed by atoms with Gasteiger partial charge in [-0.25, -0.2) is 0 Å². The Hall–Kier alpha value is -1.32. The SMILES string of the molecule is CCC.CCc1nc(OC)cc(OC)n1. The third-order valence-corrected chi connectivity index (χ3v) is 1.46. The fourth-order valence-corrected chi connectivity index (χ4v) is 0.817. The van der Waals surface area contributed by atoms with Gasteiger partial charge >= 0.3 is 0 Å². The van der Waals surface area contributed by atoms with Crippen molar-refractivity contribution >= 4 is 0 Å². The Morgan fingerprint density at radius 1 is 1.00 bits per heavy atom. The van der Waals surface area contributed by atoms with Crippen molar-refractivity contribution < 1.29 is 9.47 Å². The largest absolute Gasteiger partial charge is 0.481 e. The molecule has 0 N–H and O–H groups in total. The maximum absolute atomic E-state index is 4.97. The molecule has 86 valence electrons. The molecule has 1 heterocycles. The molecular weight excluding hydrogens is 192 g/mol. The molecule has 0 bridgehead atoms. The lowest BCUT2D eigenvalue weighted by atomic mass is 10.4. The van der Waals surface area contributed by atoms with Gasteiger partial charge in [-0.2, -0.15) is 9.97 Å². The van der Waals surface area contributed by atoms with Gasteiger partial charge in [0.15, 0.2) is 0 Å². The van der Waals surface area contributed by atoms with Gasteiger partial charge in [0.2, 0.25) is 11.8 Å². The Morgan fingerprint density at radius 2 is 1.40 bits per heavy atom. The second kappa shape index (κ2) is 8.03. The molecule has 0 atom stereocenters. The van der Waals surface area contributed by atoms with E-state index in [1.165, 1.54) is 6.42 Å². The number of hydrogen-bond acceptors (Lipinski definition) is 4. The maximum atomic E-state index is 4.97. The predicted molar refractivity (Wildman–Crippen MR) is 60.5 cm³/mol. The highest BCUT2D eigenvalue weighted by Gasteiger charge is 2.02. The van der Waals surface area contributed by atoms with Crippen molar-refractivity contribution in [3.63, 3.8) is 0 Å². The van der Waals surface area contributed by atoms with Crippen LogP contribution in [0.2, 0.25) is 0 Å². The maximum Gasteiger partial charge on any atom is 0.220 e. The molecule has 1 aromatic heterocycles. The number of nitrogens with zero attached hydrogens (tertiary/aromatic N) is 2. The lowest BCUT2D eigenvalue weighted by molar-refractivity contribution is 0.368. The minimum atomic E-state index is 0.540. The average Bonchev–Trinajstić information content (AvgIpc) is 2.29. The topological polar surface area (TPSA) is 44.2 Å². The summed E-state index contributed by atoms with van der Waals surface area (Å²) >= 11 is 0. The van der Waals surface area contributed by atoms with Crippen molar-refractivity contribution in [2.75, 3.05) is 14.2 Å². The zero-order valence-corrected chi connectivity index (χ0v) is 10.2. The summed E-state index contributed by atoms with van der Waals surface area (Å²) in [5.41, 5.74) is 0. The van der Waals surface area contributed by atoms with Crippen molar-refractivity contribution in [3.8, 4) is 11.8 Å². The molecule has 0 aliphatic rings. The summed E-state index contributed by atoms with van der Waals surface area (Å²) < 4.78 is 9.94. The summed E-state index contributed by atoms with van der Waals surface area (Å²) in [5.74, 6) is 1.81. The van der Waals surface area contributed by atoms with Crippen LogP contribution in [0.3, 0.4) is 0 Å². The van der Waals surface area contributed by atoms with Crippen molar-refractivity contribution in [2.45, 2.75) is 33.6 Å². The Kier molecular flexibility index (Phi) is 7.32. The van der Waals surface area contributed by atoms with Crippen LogP contribution in [0.25, 0.3) is 0 Å². The van der Waals surface area contributed by atoms with Gasteiger partial charge in [0, 0.05) is 6.42 Å². The molecule has 0 aliphatic heterocycles. The zero-order chi connectivity index (χ0) is 11.7. The lowest BCUT2D eigenvalue weighted by Gasteiger charge is -2.03. The molecule has 0 aliphatic carbocycles. The van der Waals surface area contributed by atoms with E-state index in [0.29, 0.717) is 11.8 Å². The standard InChI is InChI=1S/C8H12N2O2.C3H8/c1-4-6-9-7(11-2)5-8(10-6)12-3;1-3-2/h5H,4H2,1-3H3;3H2,1-2H3. The minimum Gasteiger partial charge on any atom is -0.481 e. The third kappa shape index (κ3) is 5.20.